The van der Waals surface area contributed by atoms with Gasteiger partial charge in [-0.1, -0.05) is 6.92 Å². The fourth-order valence-electron chi connectivity index (χ4n) is 4.24. The highest BCUT2D eigenvalue weighted by molar-refractivity contribution is 7.18. The predicted octanol–water partition coefficient (Wildman–Crippen LogP) is 4.57. The lowest BCUT2D eigenvalue weighted by Gasteiger charge is -2.31. The summed E-state index contributed by atoms with van der Waals surface area (Å²) < 4.78 is 8.47. The minimum atomic E-state index is -0.634. The molecule has 0 aliphatic heterocycles. The number of aliphatic hydroxyl groups excluding tert-OH is 1. The summed E-state index contributed by atoms with van der Waals surface area (Å²) in [5.41, 5.74) is 2.91. The zero-order valence-corrected chi connectivity index (χ0v) is 17.7. The molecule has 7 nitrogen and oxygen atoms in total. The van der Waals surface area contributed by atoms with Crippen molar-refractivity contribution < 1.29 is 14.6 Å². The lowest BCUT2D eigenvalue weighted by molar-refractivity contribution is 0.142. The summed E-state index contributed by atoms with van der Waals surface area (Å²) in [6, 6.07) is 2.32. The average Bonchev–Trinajstić information content (AvgIpc) is 3.35. The van der Waals surface area contributed by atoms with E-state index >= 15 is 0 Å². The van der Waals surface area contributed by atoms with Gasteiger partial charge in [0.1, 0.15) is 17.4 Å². The number of nitrogens with zero attached hydrogens (tertiary/aromatic N) is 3. The molecule has 1 saturated carbocycles. The maximum atomic E-state index is 11.7. The molecule has 0 aromatic carbocycles. The first kappa shape index (κ1) is 20.1. The third-order valence-electron chi connectivity index (χ3n) is 5.68. The van der Waals surface area contributed by atoms with E-state index in [0.717, 1.165) is 53.4 Å². The van der Waals surface area contributed by atoms with E-state index < -0.39 is 6.10 Å². The lowest BCUT2D eigenvalue weighted by atomic mass is 9.85. The normalized spacial score (nSPS) is 20.8. The largest absolute Gasteiger partial charge is 0.450 e. The van der Waals surface area contributed by atoms with Crippen LogP contribution >= 0.6 is 11.3 Å². The third-order valence-corrected chi connectivity index (χ3v) is 6.59. The van der Waals surface area contributed by atoms with Crippen LogP contribution in [0.5, 0.6) is 0 Å². The van der Waals surface area contributed by atoms with Crippen molar-refractivity contribution in [2.45, 2.75) is 58.1 Å². The predicted molar refractivity (Wildman–Crippen MR) is 114 cm³/mol. The number of pyridine rings is 1. The number of aliphatic hydroxyl groups is 1. The second-order valence-electron chi connectivity index (χ2n) is 7.83. The van der Waals surface area contributed by atoms with Gasteiger partial charge >= 0.3 is 6.09 Å². The number of alkyl carbamates (subject to hydrolysis) is 1. The highest BCUT2D eigenvalue weighted by Gasteiger charge is 2.28. The molecule has 1 atom stereocenters. The SMILES string of the molecule is CCCOC(=O)NCC1CCC(n2c(C(C)O)nc3cnc4ccsc4c32)CC1. The summed E-state index contributed by atoms with van der Waals surface area (Å²) >= 11 is 1.67. The van der Waals surface area contributed by atoms with Crippen LogP contribution in [-0.2, 0) is 4.74 Å². The maximum Gasteiger partial charge on any atom is 0.407 e. The number of rotatable bonds is 6. The van der Waals surface area contributed by atoms with Gasteiger partial charge in [0.2, 0.25) is 0 Å². The van der Waals surface area contributed by atoms with Gasteiger partial charge in [0.25, 0.3) is 0 Å². The fraction of sp³-hybridized carbons (Fsp3) is 0.571. The number of hydrogen-bond donors (Lipinski definition) is 2. The van der Waals surface area contributed by atoms with Crippen LogP contribution in [-0.4, -0.2) is 38.9 Å². The molecular formula is C21H28N4O3S. The van der Waals surface area contributed by atoms with Crippen molar-refractivity contribution in [3.63, 3.8) is 0 Å². The zero-order valence-electron chi connectivity index (χ0n) is 16.9. The lowest BCUT2D eigenvalue weighted by Crippen LogP contribution is -2.32. The average molecular weight is 417 g/mol. The van der Waals surface area contributed by atoms with Gasteiger partial charge in [0, 0.05) is 12.6 Å². The summed E-state index contributed by atoms with van der Waals surface area (Å²) in [6.07, 6.45) is 5.73. The molecule has 1 fully saturated rings. The molecule has 3 heterocycles. The van der Waals surface area contributed by atoms with Gasteiger partial charge in [-0.15, -0.1) is 11.3 Å². The van der Waals surface area contributed by atoms with E-state index in [2.05, 4.69) is 20.2 Å². The van der Waals surface area contributed by atoms with Crippen LogP contribution in [0.15, 0.2) is 17.6 Å². The van der Waals surface area contributed by atoms with Crippen LogP contribution in [0.25, 0.3) is 21.3 Å². The van der Waals surface area contributed by atoms with E-state index in [0.29, 0.717) is 30.9 Å². The topological polar surface area (TPSA) is 89.3 Å². The molecule has 1 amide bonds. The number of ether oxygens (including phenoxy) is 1. The highest BCUT2D eigenvalue weighted by Crippen LogP contribution is 2.39. The van der Waals surface area contributed by atoms with Gasteiger partial charge in [-0.05, 0) is 56.4 Å². The van der Waals surface area contributed by atoms with Crippen LogP contribution in [0.3, 0.4) is 0 Å². The Labute approximate surface area is 174 Å². The van der Waals surface area contributed by atoms with E-state index in [1.165, 1.54) is 0 Å². The van der Waals surface area contributed by atoms with E-state index in [-0.39, 0.29) is 6.09 Å². The van der Waals surface area contributed by atoms with Crippen LogP contribution in [0.4, 0.5) is 4.79 Å². The Morgan fingerprint density at radius 1 is 1.38 bits per heavy atom. The van der Waals surface area contributed by atoms with Crippen molar-refractivity contribution in [1.29, 1.82) is 0 Å². The summed E-state index contributed by atoms with van der Waals surface area (Å²) in [6.45, 7) is 4.87. The second kappa shape index (κ2) is 8.67. The highest BCUT2D eigenvalue weighted by atomic mass is 32.1. The van der Waals surface area contributed by atoms with Crippen LogP contribution < -0.4 is 5.32 Å². The molecule has 4 rings (SSSR count). The smallest absolute Gasteiger partial charge is 0.407 e. The molecule has 29 heavy (non-hydrogen) atoms. The number of nitrogens with one attached hydrogen (secondary N) is 1. The van der Waals surface area contributed by atoms with E-state index in [4.69, 9.17) is 9.72 Å². The third kappa shape index (κ3) is 4.09. The van der Waals surface area contributed by atoms with Gasteiger partial charge in [-0.25, -0.2) is 9.78 Å². The van der Waals surface area contributed by atoms with Crippen molar-refractivity contribution in [2.75, 3.05) is 13.2 Å². The van der Waals surface area contributed by atoms with Gasteiger partial charge in [0.05, 0.1) is 28.5 Å². The van der Waals surface area contributed by atoms with Crippen molar-refractivity contribution in [3.8, 4) is 0 Å². The van der Waals surface area contributed by atoms with Crippen molar-refractivity contribution in [3.05, 3.63) is 23.5 Å². The zero-order chi connectivity index (χ0) is 20.4. The number of imidazole rings is 1. The summed E-state index contributed by atoms with van der Waals surface area (Å²) in [4.78, 5) is 20.9. The Morgan fingerprint density at radius 3 is 2.90 bits per heavy atom. The van der Waals surface area contributed by atoms with Gasteiger partial charge in [0.15, 0.2) is 0 Å². The van der Waals surface area contributed by atoms with Crippen molar-refractivity contribution in [2.24, 2.45) is 5.92 Å². The number of amides is 1. The maximum absolute atomic E-state index is 11.7. The first-order valence-electron chi connectivity index (χ1n) is 10.4. The minimum Gasteiger partial charge on any atom is -0.450 e. The Kier molecular flexibility index (Phi) is 6.01. The number of carbonyl (C=O) groups excluding carboxylic acids is 1. The molecule has 3 aromatic rings. The molecule has 0 bridgehead atoms. The molecule has 1 aliphatic carbocycles. The standard InChI is InChI=1S/C21H28N4O3S/c1-3-9-28-21(27)23-11-14-4-6-15(7-5-14)25-18-17(24-20(25)13(2)26)12-22-16-8-10-29-19(16)18/h8,10,12-15,26H,3-7,9,11H2,1-2H3,(H,23,27). The molecule has 0 saturated heterocycles. The molecule has 156 valence electrons. The Morgan fingerprint density at radius 2 is 2.17 bits per heavy atom. The molecule has 8 heteroatoms. The number of carbonyl (C=O) groups is 1. The van der Waals surface area contributed by atoms with Gasteiger partial charge < -0.3 is 19.7 Å². The second-order valence-corrected chi connectivity index (χ2v) is 8.75. The molecule has 1 aliphatic rings. The Bertz CT molecular complexity index is 989. The molecule has 0 spiro atoms. The minimum absolute atomic E-state index is 0.292. The number of aromatic nitrogens is 3. The van der Waals surface area contributed by atoms with Crippen molar-refractivity contribution in [1.82, 2.24) is 19.9 Å². The van der Waals surface area contributed by atoms with E-state index in [1.54, 1.807) is 18.3 Å². The summed E-state index contributed by atoms with van der Waals surface area (Å²) in [5, 5.41) is 15.3. The van der Waals surface area contributed by atoms with Gasteiger partial charge in [-0.2, -0.15) is 0 Å². The molecular weight excluding hydrogens is 388 g/mol. The molecule has 3 aromatic heterocycles. The molecule has 1 unspecified atom stereocenters. The molecule has 2 N–H and O–H groups in total. The summed E-state index contributed by atoms with van der Waals surface area (Å²) in [5.74, 6) is 1.17. The van der Waals surface area contributed by atoms with Crippen LogP contribution in [0, 0.1) is 5.92 Å². The van der Waals surface area contributed by atoms with Crippen molar-refractivity contribution >= 4 is 38.7 Å². The molecule has 0 radical (unpaired) electrons. The van der Waals surface area contributed by atoms with Crippen LogP contribution in [0.2, 0.25) is 0 Å². The Balaban J connectivity index is 1.51. The number of thiophene rings is 1. The summed E-state index contributed by atoms with van der Waals surface area (Å²) in [7, 11) is 0. The fourth-order valence-corrected chi connectivity index (χ4v) is 5.13. The number of fused-ring (bicyclic) bond motifs is 3. The van der Waals surface area contributed by atoms with Gasteiger partial charge in [-0.3, -0.25) is 4.98 Å². The van der Waals surface area contributed by atoms with Crippen LogP contribution in [0.1, 0.15) is 63.9 Å². The first-order chi connectivity index (χ1) is 14.1. The quantitative estimate of drug-likeness (QED) is 0.614. The Hall–Kier alpha value is -2.19. The first-order valence-corrected chi connectivity index (χ1v) is 11.3. The van der Waals surface area contributed by atoms with E-state index in [9.17, 15) is 9.90 Å². The number of hydrogen-bond acceptors (Lipinski definition) is 6. The monoisotopic (exact) mass is 416 g/mol. The van der Waals surface area contributed by atoms with E-state index in [1.807, 2.05) is 19.2 Å².